The second-order valence-corrected chi connectivity index (χ2v) is 6.03. The molecule has 0 fully saturated rings. The molecule has 0 radical (unpaired) electrons. The Morgan fingerprint density at radius 1 is 1.32 bits per heavy atom. The SMILES string of the molecule is CCOC(=O)Cn1nc(C(C)C)c(OCC(C)C)c(Cl)c1=O. The first-order valence-electron chi connectivity index (χ1n) is 7.36. The largest absolute Gasteiger partial charge is 0.490 e. The van der Waals surface area contributed by atoms with Crippen LogP contribution in [0.1, 0.15) is 46.2 Å². The molecule has 0 saturated carbocycles. The minimum absolute atomic E-state index is 0.00583. The molecule has 7 heteroatoms. The summed E-state index contributed by atoms with van der Waals surface area (Å²) in [6.45, 7) is 9.94. The Morgan fingerprint density at radius 3 is 2.45 bits per heavy atom. The molecule has 0 aliphatic rings. The van der Waals surface area contributed by atoms with E-state index in [1.54, 1.807) is 6.92 Å². The first-order chi connectivity index (χ1) is 10.3. The Bertz CT molecular complexity index is 582. The van der Waals surface area contributed by atoms with Gasteiger partial charge < -0.3 is 9.47 Å². The van der Waals surface area contributed by atoms with Crippen LogP contribution in [0.5, 0.6) is 5.75 Å². The van der Waals surface area contributed by atoms with Gasteiger partial charge in [0.1, 0.15) is 12.2 Å². The van der Waals surface area contributed by atoms with Crippen molar-refractivity contribution in [2.75, 3.05) is 13.2 Å². The van der Waals surface area contributed by atoms with Crippen LogP contribution < -0.4 is 10.3 Å². The van der Waals surface area contributed by atoms with Crippen molar-refractivity contribution in [3.63, 3.8) is 0 Å². The van der Waals surface area contributed by atoms with Gasteiger partial charge in [-0.1, -0.05) is 39.3 Å². The van der Waals surface area contributed by atoms with Gasteiger partial charge >= 0.3 is 5.97 Å². The van der Waals surface area contributed by atoms with Crippen molar-refractivity contribution in [1.29, 1.82) is 0 Å². The predicted molar refractivity (Wildman–Crippen MR) is 84.6 cm³/mol. The van der Waals surface area contributed by atoms with E-state index in [9.17, 15) is 9.59 Å². The van der Waals surface area contributed by atoms with Crippen molar-refractivity contribution in [2.24, 2.45) is 5.92 Å². The van der Waals surface area contributed by atoms with Crippen molar-refractivity contribution >= 4 is 17.6 Å². The lowest BCUT2D eigenvalue weighted by atomic mass is 10.1. The molecule has 124 valence electrons. The zero-order valence-corrected chi connectivity index (χ0v) is 14.4. The highest BCUT2D eigenvalue weighted by Gasteiger charge is 2.21. The van der Waals surface area contributed by atoms with Gasteiger partial charge in [0.15, 0.2) is 10.8 Å². The third-order valence-electron chi connectivity index (χ3n) is 2.77. The molecule has 0 saturated heterocycles. The molecule has 22 heavy (non-hydrogen) atoms. The number of hydrogen-bond donors (Lipinski definition) is 0. The van der Waals surface area contributed by atoms with E-state index in [0.717, 1.165) is 4.68 Å². The van der Waals surface area contributed by atoms with E-state index < -0.39 is 11.5 Å². The smallest absolute Gasteiger partial charge is 0.327 e. The first-order valence-corrected chi connectivity index (χ1v) is 7.74. The van der Waals surface area contributed by atoms with Crippen LogP contribution in [0, 0.1) is 5.92 Å². The van der Waals surface area contributed by atoms with Crippen LogP contribution in [0.3, 0.4) is 0 Å². The summed E-state index contributed by atoms with van der Waals surface area (Å²) in [5.74, 6) is 0.0564. The Balaban J connectivity index is 3.23. The third kappa shape index (κ3) is 4.73. The molecule has 0 atom stereocenters. The topological polar surface area (TPSA) is 70.4 Å². The quantitative estimate of drug-likeness (QED) is 0.719. The summed E-state index contributed by atoms with van der Waals surface area (Å²) in [4.78, 5) is 23.8. The van der Waals surface area contributed by atoms with Crippen LogP contribution in [0.2, 0.25) is 5.02 Å². The fourth-order valence-corrected chi connectivity index (χ4v) is 1.99. The normalized spacial score (nSPS) is 11.1. The van der Waals surface area contributed by atoms with E-state index in [4.69, 9.17) is 21.1 Å². The number of carbonyl (C=O) groups is 1. The van der Waals surface area contributed by atoms with E-state index in [2.05, 4.69) is 5.10 Å². The summed E-state index contributed by atoms with van der Waals surface area (Å²) in [5.41, 5.74) is -0.00701. The molecule has 0 spiro atoms. The van der Waals surface area contributed by atoms with Crippen molar-refractivity contribution in [1.82, 2.24) is 9.78 Å². The van der Waals surface area contributed by atoms with Crippen molar-refractivity contribution < 1.29 is 14.3 Å². The van der Waals surface area contributed by atoms with Crippen LogP contribution in [0.25, 0.3) is 0 Å². The highest BCUT2D eigenvalue weighted by Crippen LogP contribution is 2.29. The molecular weight excluding hydrogens is 308 g/mol. The lowest BCUT2D eigenvalue weighted by Crippen LogP contribution is -2.30. The number of carbonyl (C=O) groups excluding carboxylic acids is 1. The Kier molecular flexibility index (Phi) is 6.87. The van der Waals surface area contributed by atoms with E-state index >= 15 is 0 Å². The van der Waals surface area contributed by atoms with Crippen LogP contribution in [-0.2, 0) is 16.1 Å². The highest BCUT2D eigenvalue weighted by molar-refractivity contribution is 6.31. The molecule has 1 aromatic rings. The summed E-state index contributed by atoms with van der Waals surface area (Å²) in [5, 5.41) is 4.17. The van der Waals surface area contributed by atoms with Crippen molar-refractivity contribution in [3.05, 3.63) is 21.1 Å². The molecule has 0 amide bonds. The van der Waals surface area contributed by atoms with E-state index in [0.29, 0.717) is 18.1 Å². The van der Waals surface area contributed by atoms with Crippen LogP contribution in [0.4, 0.5) is 0 Å². The fourth-order valence-electron chi connectivity index (χ4n) is 1.74. The van der Waals surface area contributed by atoms with Gasteiger partial charge in [0, 0.05) is 5.92 Å². The molecule has 6 nitrogen and oxygen atoms in total. The summed E-state index contributed by atoms with van der Waals surface area (Å²) < 4.78 is 11.5. The van der Waals surface area contributed by atoms with Gasteiger partial charge in [-0.3, -0.25) is 9.59 Å². The maximum Gasteiger partial charge on any atom is 0.327 e. The van der Waals surface area contributed by atoms with Crippen LogP contribution >= 0.6 is 11.6 Å². The Morgan fingerprint density at radius 2 is 1.95 bits per heavy atom. The van der Waals surface area contributed by atoms with Gasteiger partial charge in [0.05, 0.1) is 13.2 Å². The molecule has 0 N–H and O–H groups in total. The van der Waals surface area contributed by atoms with Gasteiger partial charge in [-0.2, -0.15) is 5.10 Å². The van der Waals surface area contributed by atoms with Crippen LogP contribution in [-0.4, -0.2) is 29.0 Å². The van der Waals surface area contributed by atoms with Gasteiger partial charge in [-0.15, -0.1) is 0 Å². The summed E-state index contributed by atoms with van der Waals surface area (Å²) in [6.07, 6.45) is 0. The van der Waals surface area contributed by atoms with Crippen molar-refractivity contribution in [2.45, 2.75) is 47.1 Å². The summed E-state index contributed by atoms with van der Waals surface area (Å²) in [7, 11) is 0. The molecular formula is C15H23ClN2O4. The zero-order chi connectivity index (χ0) is 16.9. The molecule has 1 aromatic heterocycles. The van der Waals surface area contributed by atoms with Gasteiger partial charge in [-0.05, 0) is 12.8 Å². The lowest BCUT2D eigenvalue weighted by Gasteiger charge is -2.17. The lowest BCUT2D eigenvalue weighted by molar-refractivity contribution is -0.144. The van der Waals surface area contributed by atoms with E-state index in [1.165, 1.54) is 0 Å². The highest BCUT2D eigenvalue weighted by atomic mass is 35.5. The number of rotatable bonds is 7. The number of aromatic nitrogens is 2. The van der Waals surface area contributed by atoms with Crippen LogP contribution in [0.15, 0.2) is 4.79 Å². The molecule has 0 aliphatic carbocycles. The maximum absolute atomic E-state index is 12.2. The number of nitrogens with zero attached hydrogens (tertiary/aromatic N) is 2. The first kappa shape index (κ1) is 18.5. The zero-order valence-electron chi connectivity index (χ0n) is 13.7. The summed E-state index contributed by atoms with van der Waals surface area (Å²) in [6, 6.07) is 0. The maximum atomic E-state index is 12.2. The third-order valence-corrected chi connectivity index (χ3v) is 3.11. The van der Waals surface area contributed by atoms with Crippen molar-refractivity contribution in [3.8, 4) is 5.75 Å². The Labute approximate surface area is 135 Å². The van der Waals surface area contributed by atoms with Gasteiger partial charge in [0.25, 0.3) is 5.56 Å². The minimum Gasteiger partial charge on any atom is -0.490 e. The molecule has 0 bridgehead atoms. The monoisotopic (exact) mass is 330 g/mol. The summed E-state index contributed by atoms with van der Waals surface area (Å²) >= 11 is 6.14. The second kappa shape index (κ2) is 8.17. The Hall–Kier alpha value is -1.56. The predicted octanol–water partition coefficient (Wildman–Crippen LogP) is 2.62. The second-order valence-electron chi connectivity index (χ2n) is 5.66. The number of halogens is 1. The van der Waals surface area contributed by atoms with Gasteiger partial charge in [0.2, 0.25) is 0 Å². The van der Waals surface area contributed by atoms with E-state index in [-0.39, 0.29) is 30.0 Å². The standard InChI is InChI=1S/C15H23ClN2O4/c1-6-21-11(19)7-18-15(20)12(16)14(22-8-9(2)3)13(17-18)10(4)5/h9-10H,6-8H2,1-5H3. The molecule has 0 unspecified atom stereocenters. The van der Waals surface area contributed by atoms with E-state index in [1.807, 2.05) is 27.7 Å². The molecule has 1 heterocycles. The molecule has 0 aliphatic heterocycles. The number of hydrogen-bond acceptors (Lipinski definition) is 5. The van der Waals surface area contributed by atoms with Gasteiger partial charge in [-0.25, -0.2) is 4.68 Å². The number of ether oxygens (including phenoxy) is 2. The average molecular weight is 331 g/mol. The number of esters is 1. The average Bonchev–Trinajstić information content (AvgIpc) is 2.42. The molecule has 0 aromatic carbocycles. The molecule has 1 rings (SSSR count). The minimum atomic E-state index is -0.558. The fraction of sp³-hybridized carbons (Fsp3) is 0.667.